The summed E-state index contributed by atoms with van der Waals surface area (Å²) in [5.74, 6) is 0.755. The summed E-state index contributed by atoms with van der Waals surface area (Å²) in [6, 6.07) is 19.6. The number of phenolic OH excluding ortho intramolecular Hbond substituents is 1. The van der Waals surface area contributed by atoms with Gasteiger partial charge in [-0.2, -0.15) is 5.10 Å². The Kier molecular flexibility index (Phi) is 6.86. The van der Waals surface area contributed by atoms with E-state index in [1.54, 1.807) is 30.3 Å². The molecule has 0 spiro atoms. The Morgan fingerprint density at radius 2 is 1.90 bits per heavy atom. The Labute approximate surface area is 176 Å². The lowest BCUT2D eigenvalue weighted by Gasteiger charge is -2.12. The van der Waals surface area contributed by atoms with Crippen molar-refractivity contribution in [1.82, 2.24) is 5.43 Å². The van der Waals surface area contributed by atoms with Crippen molar-refractivity contribution in [1.29, 1.82) is 0 Å². The molecule has 0 aliphatic heterocycles. The molecule has 0 atom stereocenters. The highest BCUT2D eigenvalue weighted by Gasteiger charge is 2.11. The molecule has 0 bridgehead atoms. The van der Waals surface area contributed by atoms with Crippen molar-refractivity contribution in [3.05, 3.63) is 87.9 Å². The van der Waals surface area contributed by atoms with Gasteiger partial charge in [-0.15, -0.1) is 0 Å². The van der Waals surface area contributed by atoms with Crippen LogP contribution in [0.2, 0.25) is 0 Å². The number of nitrogens with zero attached hydrogens (tertiary/aromatic N) is 1. The van der Waals surface area contributed by atoms with E-state index in [4.69, 9.17) is 9.47 Å². The Hall–Kier alpha value is -3.32. The molecule has 7 heteroatoms. The zero-order valence-electron chi connectivity index (χ0n) is 15.6. The first-order chi connectivity index (χ1) is 14.1. The summed E-state index contributed by atoms with van der Waals surface area (Å²) in [4.78, 5) is 12.3. The van der Waals surface area contributed by atoms with Crippen LogP contribution in [-0.2, 0) is 6.61 Å². The van der Waals surface area contributed by atoms with Crippen LogP contribution in [0.1, 0.15) is 21.5 Å². The number of carbonyl (C=O) groups excluding carboxylic acids is 1. The van der Waals surface area contributed by atoms with Gasteiger partial charge in [0.15, 0.2) is 11.5 Å². The minimum atomic E-state index is -0.382. The summed E-state index contributed by atoms with van der Waals surface area (Å²) < 4.78 is 11.7. The van der Waals surface area contributed by atoms with Gasteiger partial charge in [0.25, 0.3) is 5.91 Å². The predicted octanol–water partition coefficient (Wildman–Crippen LogP) is 4.51. The second-order valence-corrected chi connectivity index (χ2v) is 6.90. The second kappa shape index (κ2) is 9.75. The smallest absolute Gasteiger partial charge is 0.271 e. The molecule has 6 nitrogen and oxygen atoms in total. The monoisotopic (exact) mass is 454 g/mol. The van der Waals surface area contributed by atoms with Gasteiger partial charge in [0.2, 0.25) is 0 Å². The maximum atomic E-state index is 12.3. The average Bonchev–Trinajstić information content (AvgIpc) is 2.75. The minimum Gasteiger partial charge on any atom is -0.507 e. The van der Waals surface area contributed by atoms with E-state index in [1.807, 2.05) is 30.3 Å². The fourth-order valence-corrected chi connectivity index (χ4v) is 2.89. The molecule has 0 aliphatic rings. The number of hydrogen-bond donors (Lipinski definition) is 2. The van der Waals surface area contributed by atoms with Gasteiger partial charge in [-0.05, 0) is 63.5 Å². The maximum Gasteiger partial charge on any atom is 0.271 e. The van der Waals surface area contributed by atoms with E-state index in [0.29, 0.717) is 28.1 Å². The Bertz CT molecular complexity index is 1020. The number of rotatable bonds is 7. The number of benzene rings is 3. The van der Waals surface area contributed by atoms with Crippen molar-refractivity contribution < 1.29 is 19.4 Å². The van der Waals surface area contributed by atoms with Crippen molar-refractivity contribution in [3.8, 4) is 17.2 Å². The van der Waals surface area contributed by atoms with Crippen molar-refractivity contribution in [2.75, 3.05) is 7.11 Å². The number of amides is 1. The van der Waals surface area contributed by atoms with Gasteiger partial charge in [0.05, 0.1) is 17.8 Å². The highest BCUT2D eigenvalue weighted by molar-refractivity contribution is 9.10. The van der Waals surface area contributed by atoms with Crippen molar-refractivity contribution in [2.45, 2.75) is 6.61 Å². The van der Waals surface area contributed by atoms with Crippen LogP contribution in [-0.4, -0.2) is 24.3 Å². The fourth-order valence-electron chi connectivity index (χ4n) is 2.50. The highest BCUT2D eigenvalue weighted by Crippen LogP contribution is 2.29. The number of hydrogen-bond acceptors (Lipinski definition) is 5. The van der Waals surface area contributed by atoms with Gasteiger partial charge in [0, 0.05) is 5.56 Å². The fraction of sp³-hybridized carbons (Fsp3) is 0.0909. The first-order valence-electron chi connectivity index (χ1n) is 8.73. The van der Waals surface area contributed by atoms with Crippen LogP contribution < -0.4 is 14.9 Å². The molecule has 0 saturated heterocycles. The number of halogens is 1. The number of methoxy groups -OCH3 is 1. The number of carbonyl (C=O) groups is 1. The van der Waals surface area contributed by atoms with Crippen LogP contribution in [0.15, 0.2) is 76.3 Å². The van der Waals surface area contributed by atoms with Gasteiger partial charge in [-0.25, -0.2) is 5.43 Å². The van der Waals surface area contributed by atoms with Crippen LogP contribution in [0.3, 0.4) is 0 Å². The third-order valence-electron chi connectivity index (χ3n) is 4.01. The molecule has 0 saturated carbocycles. The molecule has 0 aromatic heterocycles. The molecule has 3 aromatic rings. The minimum absolute atomic E-state index is 0.132. The lowest BCUT2D eigenvalue weighted by atomic mass is 10.2. The normalized spacial score (nSPS) is 10.7. The van der Waals surface area contributed by atoms with E-state index in [0.717, 1.165) is 11.1 Å². The summed E-state index contributed by atoms with van der Waals surface area (Å²) in [5, 5.41) is 13.4. The molecule has 3 aromatic carbocycles. The summed E-state index contributed by atoms with van der Waals surface area (Å²) >= 11 is 3.23. The summed E-state index contributed by atoms with van der Waals surface area (Å²) in [6.07, 6.45) is 1.48. The van der Waals surface area contributed by atoms with Gasteiger partial charge in [0.1, 0.15) is 12.4 Å². The van der Waals surface area contributed by atoms with Gasteiger partial charge in [-0.3, -0.25) is 4.79 Å². The average molecular weight is 455 g/mol. The predicted molar refractivity (Wildman–Crippen MR) is 115 cm³/mol. The molecule has 0 radical (unpaired) electrons. The van der Waals surface area contributed by atoms with E-state index in [1.165, 1.54) is 19.4 Å². The summed E-state index contributed by atoms with van der Waals surface area (Å²) in [7, 11) is 1.52. The van der Waals surface area contributed by atoms with Gasteiger partial charge in [-0.1, -0.05) is 30.3 Å². The molecule has 2 N–H and O–H groups in total. The number of nitrogens with one attached hydrogen (secondary N) is 1. The number of phenols is 1. The SMILES string of the molecule is COc1cc(C(=O)N/N=C/c2ccc(O)c(Br)c2)ccc1OCc1ccccc1. The molecule has 3 rings (SSSR count). The maximum absolute atomic E-state index is 12.3. The first kappa shape index (κ1) is 20.4. The molecule has 0 fully saturated rings. The van der Waals surface area contributed by atoms with E-state index in [2.05, 4.69) is 26.5 Å². The van der Waals surface area contributed by atoms with Crippen LogP contribution in [0.5, 0.6) is 17.2 Å². The molecule has 148 valence electrons. The molecule has 0 heterocycles. The van der Waals surface area contributed by atoms with E-state index in [-0.39, 0.29) is 11.7 Å². The third kappa shape index (κ3) is 5.58. The Morgan fingerprint density at radius 3 is 2.62 bits per heavy atom. The van der Waals surface area contributed by atoms with E-state index < -0.39 is 0 Å². The van der Waals surface area contributed by atoms with Crippen LogP contribution >= 0.6 is 15.9 Å². The third-order valence-corrected chi connectivity index (χ3v) is 4.65. The first-order valence-corrected chi connectivity index (χ1v) is 9.53. The number of aromatic hydroxyl groups is 1. The quantitative estimate of drug-likeness (QED) is 0.406. The largest absolute Gasteiger partial charge is 0.507 e. The zero-order valence-corrected chi connectivity index (χ0v) is 17.2. The molecule has 1 amide bonds. The Balaban J connectivity index is 1.64. The van der Waals surface area contributed by atoms with Crippen LogP contribution in [0.25, 0.3) is 0 Å². The van der Waals surface area contributed by atoms with E-state index in [9.17, 15) is 9.90 Å². The van der Waals surface area contributed by atoms with Gasteiger partial charge < -0.3 is 14.6 Å². The molecular formula is C22H19BrN2O4. The zero-order chi connectivity index (χ0) is 20.6. The lowest BCUT2D eigenvalue weighted by Crippen LogP contribution is -2.17. The summed E-state index contributed by atoms with van der Waals surface area (Å²) in [5.41, 5.74) is 4.61. The van der Waals surface area contributed by atoms with E-state index >= 15 is 0 Å². The molecular weight excluding hydrogens is 436 g/mol. The molecule has 29 heavy (non-hydrogen) atoms. The van der Waals surface area contributed by atoms with Crippen LogP contribution in [0.4, 0.5) is 0 Å². The topological polar surface area (TPSA) is 80.2 Å². The van der Waals surface area contributed by atoms with Crippen molar-refractivity contribution in [3.63, 3.8) is 0 Å². The highest BCUT2D eigenvalue weighted by atomic mass is 79.9. The van der Waals surface area contributed by atoms with Crippen molar-refractivity contribution >= 4 is 28.1 Å². The van der Waals surface area contributed by atoms with Crippen LogP contribution in [0, 0.1) is 0 Å². The molecule has 0 aliphatic carbocycles. The second-order valence-electron chi connectivity index (χ2n) is 6.05. The van der Waals surface area contributed by atoms with Crippen molar-refractivity contribution in [2.24, 2.45) is 5.10 Å². The van der Waals surface area contributed by atoms with Gasteiger partial charge >= 0.3 is 0 Å². The number of ether oxygens (including phenoxy) is 2. The number of hydrazone groups is 1. The lowest BCUT2D eigenvalue weighted by molar-refractivity contribution is 0.0954. The standard InChI is InChI=1S/C22H19BrN2O4/c1-28-21-12-17(8-10-20(21)29-14-15-5-3-2-4-6-15)22(27)25-24-13-16-7-9-19(26)18(23)11-16/h2-13,26H,14H2,1H3,(H,25,27)/b24-13+. The summed E-state index contributed by atoms with van der Waals surface area (Å²) in [6.45, 7) is 0.398. The Morgan fingerprint density at radius 1 is 1.10 bits per heavy atom. The molecule has 0 unspecified atom stereocenters.